The van der Waals surface area contributed by atoms with Gasteiger partial charge in [-0.25, -0.2) is 8.42 Å². The van der Waals surface area contributed by atoms with Crippen molar-refractivity contribution in [3.63, 3.8) is 0 Å². The lowest BCUT2D eigenvalue weighted by atomic mass is 10.1. The van der Waals surface area contributed by atoms with E-state index >= 15 is 0 Å². The zero-order valence-corrected chi connectivity index (χ0v) is 18.9. The van der Waals surface area contributed by atoms with Gasteiger partial charge in [-0.3, -0.25) is 9.52 Å². The van der Waals surface area contributed by atoms with Gasteiger partial charge >= 0.3 is 0 Å². The fraction of sp³-hybridized carbons (Fsp3) is 0.0870. The minimum atomic E-state index is -3.90. The van der Waals surface area contributed by atoms with Gasteiger partial charge in [-0.15, -0.1) is 0 Å². The second-order valence-corrected chi connectivity index (χ2v) is 8.63. The maximum Gasteiger partial charge on any atom is 0.262 e. The summed E-state index contributed by atoms with van der Waals surface area (Å²) in [5, 5.41) is 2.93. The molecule has 2 N–H and O–H groups in total. The Kier molecular flexibility index (Phi) is 7.40. The number of benzene rings is 3. The molecule has 0 spiro atoms. The van der Waals surface area contributed by atoms with Gasteiger partial charge in [0.05, 0.1) is 29.8 Å². The highest BCUT2D eigenvalue weighted by Crippen LogP contribution is 2.26. The summed E-state index contributed by atoms with van der Waals surface area (Å²) in [6.45, 7) is 0. The van der Waals surface area contributed by atoms with E-state index in [0.29, 0.717) is 22.7 Å². The molecule has 0 saturated carbocycles. The Bertz CT molecular complexity index is 1260. The van der Waals surface area contributed by atoms with Crippen LogP contribution in [0.15, 0.2) is 77.7 Å². The molecule has 0 aliphatic heterocycles. The summed E-state index contributed by atoms with van der Waals surface area (Å²) < 4.78 is 38.3. The monoisotopic (exact) mass is 472 g/mol. The summed E-state index contributed by atoms with van der Waals surface area (Å²) in [5.41, 5.74) is 1.24. The standard InChI is InChI=1S/C23H21ClN2O5S/c1-30-18-11-12-22(31-2)16(14-18)10-13-23(27)25-17-6-5-7-19(15-17)32(28,29)26-21-9-4-3-8-20(21)24/h3-15,26H,1-2H3,(H,25,27)/b13-10+. The van der Waals surface area contributed by atoms with Crippen LogP contribution in [0.25, 0.3) is 6.08 Å². The van der Waals surface area contributed by atoms with Crippen molar-refractivity contribution in [2.24, 2.45) is 0 Å². The molecule has 0 heterocycles. The van der Waals surface area contributed by atoms with Gasteiger partial charge in [0.1, 0.15) is 11.5 Å². The number of nitrogens with one attached hydrogen (secondary N) is 2. The predicted molar refractivity (Wildman–Crippen MR) is 126 cm³/mol. The van der Waals surface area contributed by atoms with Crippen LogP contribution in [0.1, 0.15) is 5.56 Å². The lowest BCUT2D eigenvalue weighted by Gasteiger charge is -2.11. The molecule has 0 saturated heterocycles. The van der Waals surface area contributed by atoms with E-state index in [4.69, 9.17) is 21.1 Å². The molecule has 0 atom stereocenters. The molecule has 0 aliphatic carbocycles. The number of ether oxygens (including phenoxy) is 2. The van der Waals surface area contributed by atoms with Crippen LogP contribution in [0.2, 0.25) is 5.02 Å². The van der Waals surface area contributed by atoms with Crippen LogP contribution < -0.4 is 19.5 Å². The molecule has 1 amide bonds. The first-order valence-electron chi connectivity index (χ1n) is 9.41. The Hall–Kier alpha value is -3.49. The number of anilines is 2. The number of halogens is 1. The SMILES string of the molecule is COc1ccc(OC)c(/C=C/C(=O)Nc2cccc(S(=O)(=O)Nc3ccccc3Cl)c2)c1. The predicted octanol–water partition coefficient (Wildman–Crippen LogP) is 4.81. The number of carbonyl (C=O) groups is 1. The molecule has 9 heteroatoms. The molecule has 3 aromatic rings. The highest BCUT2D eigenvalue weighted by Gasteiger charge is 2.16. The first-order chi connectivity index (χ1) is 15.3. The van der Waals surface area contributed by atoms with E-state index in [2.05, 4.69) is 10.0 Å². The van der Waals surface area contributed by atoms with Gasteiger partial charge in [-0.1, -0.05) is 29.8 Å². The van der Waals surface area contributed by atoms with Crippen LogP contribution in [-0.2, 0) is 14.8 Å². The number of sulfonamides is 1. The molecule has 0 radical (unpaired) electrons. The maximum atomic E-state index is 12.7. The van der Waals surface area contributed by atoms with E-state index in [1.54, 1.807) is 61.7 Å². The molecule has 0 unspecified atom stereocenters. The fourth-order valence-electron chi connectivity index (χ4n) is 2.81. The summed E-state index contributed by atoms with van der Waals surface area (Å²) in [7, 11) is -0.825. The van der Waals surface area contributed by atoms with Crippen LogP contribution in [0, 0.1) is 0 Å². The smallest absolute Gasteiger partial charge is 0.262 e. The van der Waals surface area contributed by atoms with Crippen LogP contribution in [0.4, 0.5) is 11.4 Å². The van der Waals surface area contributed by atoms with Gasteiger partial charge < -0.3 is 14.8 Å². The third kappa shape index (κ3) is 5.81. The van der Waals surface area contributed by atoms with E-state index in [9.17, 15) is 13.2 Å². The van der Waals surface area contributed by atoms with Crippen LogP contribution in [0.3, 0.4) is 0 Å². The lowest BCUT2D eigenvalue weighted by Crippen LogP contribution is -2.14. The Labute approximate surface area is 191 Å². The summed E-state index contributed by atoms with van der Waals surface area (Å²) in [6.07, 6.45) is 2.90. The molecule has 3 aromatic carbocycles. The summed E-state index contributed by atoms with van der Waals surface area (Å²) in [4.78, 5) is 12.4. The topological polar surface area (TPSA) is 93.7 Å². The van der Waals surface area contributed by atoms with Crippen LogP contribution >= 0.6 is 11.6 Å². The van der Waals surface area contributed by atoms with Crippen molar-refractivity contribution in [1.82, 2.24) is 0 Å². The molecule has 3 rings (SSSR count). The third-order valence-electron chi connectivity index (χ3n) is 4.38. The molecule has 32 heavy (non-hydrogen) atoms. The quantitative estimate of drug-likeness (QED) is 0.459. The molecular formula is C23H21ClN2O5S. The number of methoxy groups -OCH3 is 2. The Morgan fingerprint density at radius 2 is 1.75 bits per heavy atom. The van der Waals surface area contributed by atoms with Crippen molar-refractivity contribution in [1.29, 1.82) is 0 Å². The van der Waals surface area contributed by atoms with Gasteiger partial charge in [0, 0.05) is 17.3 Å². The van der Waals surface area contributed by atoms with E-state index in [-0.39, 0.29) is 15.6 Å². The molecule has 7 nitrogen and oxygen atoms in total. The van der Waals surface area contributed by atoms with Crippen molar-refractivity contribution < 1.29 is 22.7 Å². The molecule has 0 bridgehead atoms. The molecular weight excluding hydrogens is 452 g/mol. The zero-order chi connectivity index (χ0) is 23.1. The van der Waals surface area contributed by atoms with Crippen molar-refractivity contribution in [2.45, 2.75) is 4.90 Å². The van der Waals surface area contributed by atoms with Crippen molar-refractivity contribution >= 4 is 45.0 Å². The Morgan fingerprint density at radius 3 is 2.47 bits per heavy atom. The number of hydrogen-bond acceptors (Lipinski definition) is 5. The van der Waals surface area contributed by atoms with E-state index in [0.717, 1.165) is 0 Å². The average molecular weight is 473 g/mol. The van der Waals surface area contributed by atoms with Crippen molar-refractivity contribution in [3.05, 3.63) is 83.4 Å². The minimum absolute atomic E-state index is 0.0198. The van der Waals surface area contributed by atoms with Gasteiger partial charge in [-0.05, 0) is 54.6 Å². The molecule has 0 aromatic heterocycles. The zero-order valence-electron chi connectivity index (χ0n) is 17.3. The second-order valence-electron chi connectivity index (χ2n) is 6.54. The molecule has 166 valence electrons. The number of hydrogen-bond donors (Lipinski definition) is 2. The molecule has 0 fully saturated rings. The first kappa shape index (κ1) is 23.2. The van der Waals surface area contributed by atoms with Crippen LogP contribution in [0.5, 0.6) is 11.5 Å². The highest BCUT2D eigenvalue weighted by molar-refractivity contribution is 7.92. The third-order valence-corrected chi connectivity index (χ3v) is 6.07. The van der Waals surface area contributed by atoms with E-state index in [1.165, 1.54) is 31.4 Å². The molecule has 0 aliphatic rings. The number of amides is 1. The summed E-state index contributed by atoms with van der Waals surface area (Å²) in [6, 6.07) is 17.6. The number of carbonyl (C=O) groups excluding carboxylic acids is 1. The normalized spacial score (nSPS) is 11.2. The Morgan fingerprint density at radius 1 is 0.969 bits per heavy atom. The first-order valence-corrected chi connectivity index (χ1v) is 11.3. The van der Waals surface area contributed by atoms with Crippen molar-refractivity contribution in [3.8, 4) is 11.5 Å². The van der Waals surface area contributed by atoms with Gasteiger partial charge in [0.15, 0.2) is 0 Å². The summed E-state index contributed by atoms with van der Waals surface area (Å²) >= 11 is 6.04. The Balaban J connectivity index is 1.75. The average Bonchev–Trinajstić information content (AvgIpc) is 2.79. The van der Waals surface area contributed by atoms with Gasteiger partial charge in [0.25, 0.3) is 10.0 Å². The van der Waals surface area contributed by atoms with E-state index in [1.807, 2.05) is 0 Å². The van der Waals surface area contributed by atoms with Crippen molar-refractivity contribution in [2.75, 3.05) is 24.3 Å². The lowest BCUT2D eigenvalue weighted by molar-refractivity contribution is -0.111. The highest BCUT2D eigenvalue weighted by atomic mass is 35.5. The number of para-hydroxylation sites is 1. The second kappa shape index (κ2) is 10.2. The van der Waals surface area contributed by atoms with Crippen LogP contribution in [-0.4, -0.2) is 28.5 Å². The van der Waals surface area contributed by atoms with E-state index < -0.39 is 15.9 Å². The minimum Gasteiger partial charge on any atom is -0.497 e. The van der Waals surface area contributed by atoms with Gasteiger partial charge in [0.2, 0.25) is 5.91 Å². The number of rotatable bonds is 8. The summed E-state index contributed by atoms with van der Waals surface area (Å²) in [5.74, 6) is 0.756. The maximum absolute atomic E-state index is 12.7. The van der Waals surface area contributed by atoms with Gasteiger partial charge in [-0.2, -0.15) is 0 Å². The fourth-order valence-corrected chi connectivity index (χ4v) is 4.17. The largest absolute Gasteiger partial charge is 0.497 e.